The Kier molecular flexibility index (Phi) is 6.66. The van der Waals surface area contributed by atoms with E-state index in [0.29, 0.717) is 32.0 Å². The number of halogens is 1. The first-order chi connectivity index (χ1) is 15.3. The summed E-state index contributed by atoms with van der Waals surface area (Å²) in [6.45, 7) is 2.91. The van der Waals surface area contributed by atoms with Crippen LogP contribution >= 0.6 is 11.6 Å². The fourth-order valence-corrected chi connectivity index (χ4v) is 5.15. The van der Waals surface area contributed by atoms with Crippen LogP contribution in [-0.2, 0) is 19.6 Å². The van der Waals surface area contributed by atoms with Crippen molar-refractivity contribution >= 4 is 44.0 Å². The minimum atomic E-state index is -3.67. The summed E-state index contributed by atoms with van der Waals surface area (Å²) in [6, 6.07) is 17.7. The van der Waals surface area contributed by atoms with Gasteiger partial charge in [-0.15, -0.1) is 0 Å². The number of carbonyl (C=O) groups is 1. The number of benzene rings is 3. The predicted molar refractivity (Wildman–Crippen MR) is 124 cm³/mol. The number of carbonyl (C=O) groups excluding carboxylic acids is 1. The molecule has 1 aliphatic rings. The van der Waals surface area contributed by atoms with Crippen LogP contribution in [0.25, 0.3) is 10.8 Å². The average molecular weight is 475 g/mol. The first-order valence-electron chi connectivity index (χ1n) is 10.2. The second kappa shape index (κ2) is 9.46. The van der Waals surface area contributed by atoms with E-state index in [4.69, 9.17) is 21.1 Å². The number of anilines is 1. The zero-order valence-corrected chi connectivity index (χ0v) is 19.0. The van der Waals surface area contributed by atoms with Crippen LogP contribution in [0.3, 0.4) is 0 Å². The molecule has 1 saturated heterocycles. The fourth-order valence-electron chi connectivity index (χ4n) is 3.43. The van der Waals surface area contributed by atoms with E-state index in [2.05, 4.69) is 5.32 Å². The molecular weight excluding hydrogens is 452 g/mol. The van der Waals surface area contributed by atoms with Gasteiger partial charge in [-0.3, -0.25) is 4.79 Å². The number of ether oxygens (including phenoxy) is 2. The van der Waals surface area contributed by atoms with E-state index in [1.54, 1.807) is 6.92 Å². The molecule has 1 fully saturated rings. The second-order valence-electron chi connectivity index (χ2n) is 7.42. The molecule has 1 N–H and O–H groups in total. The molecule has 3 aromatic carbocycles. The predicted octanol–water partition coefficient (Wildman–Crippen LogP) is 3.92. The summed E-state index contributed by atoms with van der Waals surface area (Å²) in [5, 5.41) is 5.04. The largest absolute Gasteiger partial charge is 0.479 e. The Bertz CT molecular complexity index is 1240. The van der Waals surface area contributed by atoms with Crippen molar-refractivity contribution in [3.8, 4) is 5.75 Å². The first-order valence-corrected chi connectivity index (χ1v) is 12.0. The third-order valence-corrected chi connectivity index (χ3v) is 7.39. The number of nitrogens with zero attached hydrogens (tertiary/aromatic N) is 1. The molecule has 0 unspecified atom stereocenters. The molecule has 7 nitrogen and oxygen atoms in total. The van der Waals surface area contributed by atoms with Crippen molar-refractivity contribution in [2.75, 3.05) is 31.6 Å². The molecule has 3 aromatic rings. The number of hydrogen-bond donors (Lipinski definition) is 1. The summed E-state index contributed by atoms with van der Waals surface area (Å²) in [6.07, 6.45) is -0.847. The van der Waals surface area contributed by atoms with Gasteiger partial charge in [0.2, 0.25) is 10.0 Å². The molecule has 4 rings (SSSR count). The summed E-state index contributed by atoms with van der Waals surface area (Å²) >= 11 is 6.28. The summed E-state index contributed by atoms with van der Waals surface area (Å²) in [4.78, 5) is 12.7. The van der Waals surface area contributed by atoms with Gasteiger partial charge < -0.3 is 14.8 Å². The van der Waals surface area contributed by atoms with E-state index in [-0.39, 0.29) is 21.6 Å². The summed E-state index contributed by atoms with van der Waals surface area (Å²) in [7, 11) is -3.67. The van der Waals surface area contributed by atoms with E-state index in [9.17, 15) is 13.2 Å². The number of morpholine rings is 1. The van der Waals surface area contributed by atoms with Crippen LogP contribution < -0.4 is 10.1 Å². The molecule has 9 heteroatoms. The van der Waals surface area contributed by atoms with Crippen molar-refractivity contribution < 1.29 is 22.7 Å². The number of rotatable bonds is 6. The molecule has 1 heterocycles. The maximum Gasteiger partial charge on any atom is 0.265 e. The quantitative estimate of drug-likeness (QED) is 0.585. The van der Waals surface area contributed by atoms with Crippen molar-refractivity contribution in [1.82, 2.24) is 4.31 Å². The molecule has 1 aliphatic heterocycles. The Labute approximate surface area is 191 Å². The van der Waals surface area contributed by atoms with E-state index in [1.165, 1.54) is 22.5 Å². The van der Waals surface area contributed by atoms with Crippen LogP contribution in [0.4, 0.5) is 5.69 Å². The minimum absolute atomic E-state index is 0.0741. The lowest BCUT2D eigenvalue weighted by Gasteiger charge is -2.26. The van der Waals surface area contributed by atoms with Crippen LogP contribution in [0.1, 0.15) is 6.92 Å². The van der Waals surface area contributed by atoms with Crippen molar-refractivity contribution in [1.29, 1.82) is 0 Å². The third-order valence-electron chi connectivity index (χ3n) is 5.20. The van der Waals surface area contributed by atoms with E-state index in [1.807, 2.05) is 42.5 Å². The van der Waals surface area contributed by atoms with Gasteiger partial charge in [0, 0.05) is 18.8 Å². The zero-order chi connectivity index (χ0) is 22.7. The van der Waals surface area contributed by atoms with Gasteiger partial charge in [-0.05, 0) is 48.0 Å². The van der Waals surface area contributed by atoms with Gasteiger partial charge in [0.1, 0.15) is 5.75 Å². The molecule has 0 aromatic heterocycles. The van der Waals surface area contributed by atoms with Crippen LogP contribution in [0.2, 0.25) is 5.02 Å². The molecule has 0 radical (unpaired) electrons. The second-order valence-corrected chi connectivity index (χ2v) is 9.77. The smallest absolute Gasteiger partial charge is 0.265 e. The Morgan fingerprint density at radius 1 is 1.06 bits per heavy atom. The maximum atomic E-state index is 12.8. The average Bonchev–Trinajstić information content (AvgIpc) is 2.80. The van der Waals surface area contributed by atoms with Gasteiger partial charge in [0.25, 0.3) is 5.91 Å². The fraction of sp³-hybridized carbons (Fsp3) is 0.261. The number of sulfonamides is 1. The monoisotopic (exact) mass is 474 g/mol. The lowest BCUT2D eigenvalue weighted by atomic mass is 10.1. The van der Waals surface area contributed by atoms with Gasteiger partial charge in [0.15, 0.2) is 6.10 Å². The highest BCUT2D eigenvalue weighted by molar-refractivity contribution is 7.89. The van der Waals surface area contributed by atoms with Crippen molar-refractivity contribution in [3.63, 3.8) is 0 Å². The van der Waals surface area contributed by atoms with Crippen LogP contribution in [0.15, 0.2) is 65.6 Å². The number of amides is 1. The van der Waals surface area contributed by atoms with Gasteiger partial charge in [0.05, 0.1) is 23.1 Å². The van der Waals surface area contributed by atoms with Crippen molar-refractivity contribution in [2.24, 2.45) is 0 Å². The SMILES string of the molecule is C[C@H](Oc1ccc(S(=O)(=O)N2CCOCC2)cc1Cl)C(=O)Nc1ccc2ccccc2c1. The highest BCUT2D eigenvalue weighted by atomic mass is 35.5. The standard InChI is InChI=1S/C23H23ClN2O5S/c1-16(23(27)25-19-7-6-17-4-2-3-5-18(17)14-19)31-22-9-8-20(15-21(22)24)32(28,29)26-10-12-30-13-11-26/h2-9,14-16H,10-13H2,1H3,(H,25,27)/t16-/m0/s1. The maximum absolute atomic E-state index is 12.8. The molecular formula is C23H23ClN2O5S. The van der Waals surface area contributed by atoms with Crippen molar-refractivity contribution in [3.05, 3.63) is 65.7 Å². The van der Waals surface area contributed by atoms with Crippen LogP contribution in [-0.4, -0.2) is 51.0 Å². The summed E-state index contributed by atoms with van der Waals surface area (Å²) in [5.74, 6) is -0.116. The zero-order valence-electron chi connectivity index (χ0n) is 17.5. The van der Waals surface area contributed by atoms with Crippen LogP contribution in [0.5, 0.6) is 5.75 Å². The Hall–Kier alpha value is -2.65. The van der Waals surface area contributed by atoms with E-state index < -0.39 is 16.1 Å². The van der Waals surface area contributed by atoms with Gasteiger partial charge in [-0.1, -0.05) is 41.9 Å². The van der Waals surface area contributed by atoms with Crippen LogP contribution in [0, 0.1) is 0 Å². The number of fused-ring (bicyclic) bond motifs is 1. The molecule has 0 saturated carbocycles. The Morgan fingerprint density at radius 3 is 2.50 bits per heavy atom. The lowest BCUT2D eigenvalue weighted by molar-refractivity contribution is -0.122. The summed E-state index contributed by atoms with van der Waals surface area (Å²) < 4.78 is 37.9. The first kappa shape index (κ1) is 22.5. The van der Waals surface area contributed by atoms with Gasteiger partial charge in [-0.2, -0.15) is 4.31 Å². The minimum Gasteiger partial charge on any atom is -0.479 e. The number of nitrogens with one attached hydrogen (secondary N) is 1. The topological polar surface area (TPSA) is 84.9 Å². The summed E-state index contributed by atoms with van der Waals surface area (Å²) in [5.41, 5.74) is 0.655. The molecule has 168 valence electrons. The molecule has 1 amide bonds. The lowest BCUT2D eigenvalue weighted by Crippen LogP contribution is -2.40. The molecule has 1 atom stereocenters. The molecule has 0 bridgehead atoms. The van der Waals surface area contributed by atoms with E-state index >= 15 is 0 Å². The van der Waals surface area contributed by atoms with Gasteiger partial charge in [-0.25, -0.2) is 8.42 Å². The van der Waals surface area contributed by atoms with Crippen molar-refractivity contribution in [2.45, 2.75) is 17.9 Å². The molecule has 0 aliphatic carbocycles. The third kappa shape index (κ3) is 4.88. The number of hydrogen-bond acceptors (Lipinski definition) is 5. The molecule has 32 heavy (non-hydrogen) atoms. The molecule has 0 spiro atoms. The highest BCUT2D eigenvalue weighted by Gasteiger charge is 2.27. The normalized spacial score (nSPS) is 15.9. The highest BCUT2D eigenvalue weighted by Crippen LogP contribution is 2.30. The Morgan fingerprint density at radius 2 is 1.78 bits per heavy atom. The van der Waals surface area contributed by atoms with Gasteiger partial charge >= 0.3 is 0 Å². The van der Waals surface area contributed by atoms with E-state index in [0.717, 1.165) is 10.8 Å². The Balaban J connectivity index is 1.44.